The minimum absolute atomic E-state index is 0.0120. The molecule has 1 aromatic carbocycles. The highest BCUT2D eigenvalue weighted by Crippen LogP contribution is 2.46. The Morgan fingerprint density at radius 1 is 1.24 bits per heavy atom. The van der Waals surface area contributed by atoms with Crippen LogP contribution in [0.5, 0.6) is 5.75 Å². The van der Waals surface area contributed by atoms with Crippen LogP contribution in [0.4, 0.5) is 17.2 Å². The third kappa shape index (κ3) is 4.57. The lowest BCUT2D eigenvalue weighted by atomic mass is 10.1. The molecule has 3 heterocycles. The maximum absolute atomic E-state index is 12.2. The van der Waals surface area contributed by atoms with Gasteiger partial charge in [0, 0.05) is 41.9 Å². The number of nitrogens with two attached hydrogens (primary N) is 1. The molecule has 11 heteroatoms. The second-order valence-electron chi connectivity index (χ2n) is 10.0. The summed E-state index contributed by atoms with van der Waals surface area (Å²) in [6.45, 7) is 1.20. The third-order valence-corrected chi connectivity index (χ3v) is 7.54. The zero-order valence-corrected chi connectivity index (χ0v) is 21.2. The standard InChI is InChI=1S/C27H32N6O5/c1-36-24-18(17-13-30-33(15-17)22-6-3-9-27(22)37-10-11-38-27)4-2-5-20(24)31-21-12-23(29-14-19(21)25(28)34)32-26(35)16-7-8-16/h2,4-5,12-16,22,26,35H,3,6-11H2,1H3,(H2,28,34)(H2,29,31,32). The van der Waals surface area contributed by atoms with Crippen LogP contribution in [0.1, 0.15) is 48.5 Å². The quantitative estimate of drug-likeness (QED) is 0.312. The number of rotatable bonds is 9. The van der Waals surface area contributed by atoms with Gasteiger partial charge in [0.2, 0.25) is 0 Å². The van der Waals surface area contributed by atoms with E-state index in [4.69, 9.17) is 19.9 Å². The van der Waals surface area contributed by atoms with Crippen LogP contribution >= 0.6 is 0 Å². The molecule has 2 atom stereocenters. The lowest BCUT2D eigenvalue weighted by molar-refractivity contribution is -0.177. The van der Waals surface area contributed by atoms with Gasteiger partial charge in [-0.25, -0.2) is 4.98 Å². The molecule has 0 bridgehead atoms. The van der Waals surface area contributed by atoms with E-state index >= 15 is 0 Å². The van der Waals surface area contributed by atoms with Gasteiger partial charge in [-0.1, -0.05) is 12.1 Å². The number of primary amides is 1. The van der Waals surface area contributed by atoms with Crippen molar-refractivity contribution in [2.45, 2.75) is 50.2 Å². The van der Waals surface area contributed by atoms with E-state index in [1.807, 2.05) is 35.3 Å². The van der Waals surface area contributed by atoms with Gasteiger partial charge in [0.05, 0.1) is 43.5 Å². The largest absolute Gasteiger partial charge is 0.494 e. The number of benzene rings is 1. The second kappa shape index (κ2) is 9.90. The number of ether oxygens (including phenoxy) is 3. The summed E-state index contributed by atoms with van der Waals surface area (Å²) in [7, 11) is 1.60. The van der Waals surface area contributed by atoms with Crippen LogP contribution in [0.3, 0.4) is 0 Å². The fourth-order valence-corrected chi connectivity index (χ4v) is 5.46. The van der Waals surface area contributed by atoms with E-state index in [1.165, 1.54) is 6.20 Å². The van der Waals surface area contributed by atoms with Crippen LogP contribution < -0.4 is 21.1 Å². The summed E-state index contributed by atoms with van der Waals surface area (Å²) in [4.78, 5) is 16.4. The number of aromatic nitrogens is 3. The van der Waals surface area contributed by atoms with Crippen molar-refractivity contribution in [1.29, 1.82) is 0 Å². The molecule has 1 aliphatic heterocycles. The van der Waals surface area contributed by atoms with E-state index < -0.39 is 17.9 Å². The lowest BCUT2D eigenvalue weighted by Crippen LogP contribution is -2.36. The fraction of sp³-hybridized carbons (Fsp3) is 0.444. The number of nitrogens with one attached hydrogen (secondary N) is 2. The van der Waals surface area contributed by atoms with Gasteiger partial charge < -0.3 is 35.7 Å². The van der Waals surface area contributed by atoms with E-state index in [0.29, 0.717) is 36.2 Å². The van der Waals surface area contributed by atoms with Crippen molar-refractivity contribution >= 4 is 23.1 Å². The predicted octanol–water partition coefficient (Wildman–Crippen LogP) is 3.40. The van der Waals surface area contributed by atoms with Gasteiger partial charge in [-0.2, -0.15) is 5.10 Å². The van der Waals surface area contributed by atoms with Crippen molar-refractivity contribution < 1.29 is 24.1 Å². The first-order valence-electron chi connectivity index (χ1n) is 13.0. The lowest BCUT2D eigenvalue weighted by Gasteiger charge is -2.29. The van der Waals surface area contributed by atoms with Gasteiger partial charge in [0.25, 0.3) is 5.91 Å². The molecule has 2 unspecified atom stereocenters. The van der Waals surface area contributed by atoms with E-state index in [0.717, 1.165) is 43.2 Å². The summed E-state index contributed by atoms with van der Waals surface area (Å²) in [5.41, 5.74) is 8.66. The molecule has 2 saturated carbocycles. The Labute approximate surface area is 220 Å². The molecule has 1 amide bonds. The summed E-state index contributed by atoms with van der Waals surface area (Å²) in [5.74, 6) is 0.0267. The fourth-order valence-electron chi connectivity index (χ4n) is 5.46. The molecule has 1 spiro atoms. The minimum atomic E-state index is -0.691. The molecular formula is C27H32N6O5. The van der Waals surface area contributed by atoms with E-state index in [9.17, 15) is 9.90 Å². The average Bonchev–Trinajstić information content (AvgIpc) is 3.28. The molecule has 3 aromatic rings. The Bertz CT molecular complexity index is 1330. The van der Waals surface area contributed by atoms with Gasteiger partial charge in [0.1, 0.15) is 23.8 Å². The number of para-hydroxylation sites is 1. The number of anilines is 3. The maximum Gasteiger partial charge on any atom is 0.252 e. The van der Waals surface area contributed by atoms with Crippen LogP contribution in [-0.2, 0) is 9.47 Å². The maximum atomic E-state index is 12.2. The Hall–Kier alpha value is -3.67. The van der Waals surface area contributed by atoms with Gasteiger partial charge in [-0.15, -0.1) is 0 Å². The normalized spacial score (nSPS) is 20.9. The van der Waals surface area contributed by atoms with Gasteiger partial charge in [-0.05, 0) is 31.7 Å². The molecule has 3 fully saturated rings. The van der Waals surface area contributed by atoms with Crippen molar-refractivity contribution in [2.75, 3.05) is 31.0 Å². The first-order chi connectivity index (χ1) is 18.5. The van der Waals surface area contributed by atoms with Crippen molar-refractivity contribution in [2.24, 2.45) is 11.7 Å². The van der Waals surface area contributed by atoms with Crippen LogP contribution in [-0.4, -0.2) is 58.1 Å². The van der Waals surface area contributed by atoms with Crippen LogP contribution in [0.2, 0.25) is 0 Å². The number of hydrogen-bond donors (Lipinski definition) is 4. The molecule has 200 valence electrons. The number of hydrogen-bond acceptors (Lipinski definition) is 9. The third-order valence-electron chi connectivity index (χ3n) is 7.54. The molecular weight excluding hydrogens is 488 g/mol. The molecule has 0 radical (unpaired) electrons. The number of aliphatic hydroxyl groups excluding tert-OH is 1. The van der Waals surface area contributed by atoms with Crippen molar-refractivity contribution in [3.8, 4) is 16.9 Å². The van der Waals surface area contributed by atoms with E-state index in [2.05, 4.69) is 20.7 Å². The summed E-state index contributed by atoms with van der Waals surface area (Å²) < 4.78 is 19.8. The number of pyridine rings is 1. The van der Waals surface area contributed by atoms with Crippen molar-refractivity contribution in [3.05, 3.63) is 48.4 Å². The summed E-state index contributed by atoms with van der Waals surface area (Å²) in [6.07, 6.45) is 9.27. The van der Waals surface area contributed by atoms with E-state index in [1.54, 1.807) is 13.2 Å². The van der Waals surface area contributed by atoms with Gasteiger partial charge >= 0.3 is 0 Å². The van der Waals surface area contributed by atoms with Gasteiger partial charge in [0.15, 0.2) is 5.79 Å². The van der Waals surface area contributed by atoms with Crippen LogP contribution in [0.15, 0.2) is 42.9 Å². The smallest absolute Gasteiger partial charge is 0.252 e. The molecule has 3 aliphatic rings. The number of carbonyl (C=O) groups excluding carboxylic acids is 1. The first kappa shape index (κ1) is 24.7. The van der Waals surface area contributed by atoms with Gasteiger partial charge in [-0.3, -0.25) is 9.48 Å². The topological polar surface area (TPSA) is 146 Å². The zero-order valence-electron chi connectivity index (χ0n) is 21.2. The summed E-state index contributed by atoms with van der Waals surface area (Å²) >= 11 is 0. The number of aliphatic hydroxyl groups is 1. The second-order valence-corrected chi connectivity index (χ2v) is 10.0. The Balaban J connectivity index is 1.30. The first-order valence-corrected chi connectivity index (χ1v) is 13.0. The molecule has 38 heavy (non-hydrogen) atoms. The highest BCUT2D eigenvalue weighted by atomic mass is 16.7. The Morgan fingerprint density at radius 3 is 2.79 bits per heavy atom. The highest BCUT2D eigenvalue weighted by Gasteiger charge is 2.49. The monoisotopic (exact) mass is 520 g/mol. The summed E-state index contributed by atoms with van der Waals surface area (Å²) in [5, 5.41) is 21.2. The Morgan fingerprint density at radius 2 is 2.05 bits per heavy atom. The number of nitrogens with zero attached hydrogens (tertiary/aromatic N) is 3. The van der Waals surface area contributed by atoms with Crippen molar-refractivity contribution in [1.82, 2.24) is 14.8 Å². The molecule has 5 N–H and O–H groups in total. The highest BCUT2D eigenvalue weighted by molar-refractivity contribution is 5.99. The predicted molar refractivity (Wildman–Crippen MR) is 140 cm³/mol. The Kier molecular flexibility index (Phi) is 6.42. The average molecular weight is 521 g/mol. The molecule has 6 rings (SSSR count). The minimum Gasteiger partial charge on any atom is -0.494 e. The van der Waals surface area contributed by atoms with Crippen LogP contribution in [0, 0.1) is 5.92 Å². The number of amides is 1. The molecule has 2 aliphatic carbocycles. The molecule has 2 aromatic heterocycles. The molecule has 1 saturated heterocycles. The number of methoxy groups -OCH3 is 1. The van der Waals surface area contributed by atoms with Crippen molar-refractivity contribution in [3.63, 3.8) is 0 Å². The molecule has 11 nitrogen and oxygen atoms in total. The zero-order chi connectivity index (χ0) is 26.3. The van der Waals surface area contributed by atoms with Crippen LogP contribution in [0.25, 0.3) is 11.1 Å². The van der Waals surface area contributed by atoms with E-state index in [-0.39, 0.29) is 17.5 Å². The summed E-state index contributed by atoms with van der Waals surface area (Å²) in [6, 6.07) is 7.39. The number of carbonyl (C=O) groups is 1. The SMILES string of the molecule is COc1c(Nc2cc(NC(O)C3CC3)ncc2C(N)=O)cccc1-c1cnn(C2CCCC23OCCO3)c1.